The van der Waals surface area contributed by atoms with Gasteiger partial charge < -0.3 is 10.0 Å². The highest BCUT2D eigenvalue weighted by Gasteiger charge is 2.56. The van der Waals surface area contributed by atoms with Crippen LogP contribution in [0.15, 0.2) is 29.3 Å². The summed E-state index contributed by atoms with van der Waals surface area (Å²) in [4.78, 5) is 49.9. The van der Waals surface area contributed by atoms with E-state index in [0.717, 1.165) is 11.8 Å². The number of rotatable bonds is 4. The number of aliphatic carboxylic acids is 1. The average molecular weight is 387 g/mol. The van der Waals surface area contributed by atoms with E-state index >= 15 is 0 Å². The molecule has 0 aromatic carbocycles. The van der Waals surface area contributed by atoms with Crippen molar-refractivity contribution in [3.63, 3.8) is 0 Å². The summed E-state index contributed by atoms with van der Waals surface area (Å²) in [5.74, 6) is -1.91. The number of hydrogen-bond donors (Lipinski definition) is 1. The molecule has 2 unspecified atom stereocenters. The van der Waals surface area contributed by atoms with Gasteiger partial charge in [-0.25, -0.2) is 0 Å². The van der Waals surface area contributed by atoms with Crippen molar-refractivity contribution in [1.82, 2.24) is 4.90 Å². The maximum Gasteiger partial charge on any atom is 0.321 e. The molecule has 24 heavy (non-hydrogen) atoms. The summed E-state index contributed by atoms with van der Waals surface area (Å²) in [6.07, 6.45) is 1.18. The first kappa shape index (κ1) is 17.0. The summed E-state index contributed by atoms with van der Waals surface area (Å²) in [5.41, 5.74) is -0.150. The second-order valence-electron chi connectivity index (χ2n) is 5.13. The zero-order valence-corrected chi connectivity index (χ0v) is 14.6. The van der Waals surface area contributed by atoms with E-state index in [-0.39, 0.29) is 17.4 Å². The number of amides is 2. The fourth-order valence-electron chi connectivity index (χ4n) is 2.66. The molecular formula is C14H11ClN2O5S2. The minimum atomic E-state index is -1.22. The first-order valence-corrected chi connectivity index (χ1v) is 8.98. The molecule has 1 aromatic heterocycles. The second-order valence-corrected chi connectivity index (χ2v) is 7.63. The van der Waals surface area contributed by atoms with Gasteiger partial charge in [0.2, 0.25) is 5.91 Å². The monoisotopic (exact) mass is 386 g/mol. The molecule has 1 fully saturated rings. The van der Waals surface area contributed by atoms with Crippen LogP contribution in [-0.2, 0) is 19.2 Å². The predicted molar refractivity (Wildman–Crippen MR) is 89.9 cm³/mol. The molecule has 3 atom stereocenters. The van der Waals surface area contributed by atoms with Gasteiger partial charge in [-0.1, -0.05) is 0 Å². The van der Waals surface area contributed by atoms with Gasteiger partial charge in [0.05, 0.1) is 10.6 Å². The molecule has 0 bridgehead atoms. The number of anilines is 1. The van der Waals surface area contributed by atoms with Gasteiger partial charge in [-0.15, -0.1) is 23.1 Å². The van der Waals surface area contributed by atoms with Crippen molar-refractivity contribution in [2.24, 2.45) is 0 Å². The Bertz CT molecular complexity index is 763. The van der Waals surface area contributed by atoms with E-state index in [1.165, 1.54) is 34.3 Å². The quantitative estimate of drug-likeness (QED) is 0.622. The summed E-state index contributed by atoms with van der Waals surface area (Å²) in [6.45, 7) is 1.35. The Morgan fingerprint density at radius 1 is 1.38 bits per heavy atom. The van der Waals surface area contributed by atoms with E-state index in [9.17, 15) is 24.3 Å². The van der Waals surface area contributed by atoms with Crippen LogP contribution in [0.4, 0.5) is 5.00 Å². The van der Waals surface area contributed by atoms with Crippen molar-refractivity contribution in [3.05, 3.63) is 29.3 Å². The molecule has 3 rings (SSSR count). The molecule has 10 heteroatoms. The lowest BCUT2D eigenvalue weighted by atomic mass is 10.0. The van der Waals surface area contributed by atoms with Crippen LogP contribution in [0.25, 0.3) is 0 Å². The highest BCUT2D eigenvalue weighted by Crippen LogP contribution is 2.44. The van der Waals surface area contributed by atoms with E-state index in [4.69, 9.17) is 11.6 Å². The fourth-order valence-corrected chi connectivity index (χ4v) is 5.08. The van der Waals surface area contributed by atoms with Crippen LogP contribution in [-0.4, -0.2) is 49.7 Å². The summed E-state index contributed by atoms with van der Waals surface area (Å²) >= 11 is 7.66. The predicted octanol–water partition coefficient (Wildman–Crippen LogP) is 1.49. The minimum absolute atomic E-state index is 0.150. The Balaban J connectivity index is 1.95. The van der Waals surface area contributed by atoms with Crippen LogP contribution in [0.5, 0.6) is 0 Å². The number of carbonyl (C=O) groups excluding carboxylic acids is 3. The number of carboxylic acids is 1. The number of nitrogens with zero attached hydrogens (tertiary/aromatic N) is 2. The van der Waals surface area contributed by atoms with Crippen LogP contribution in [0.3, 0.4) is 0 Å². The third kappa shape index (κ3) is 2.62. The number of carbonyl (C=O) groups is 4. The van der Waals surface area contributed by atoms with E-state index in [2.05, 4.69) is 0 Å². The molecule has 2 amide bonds. The molecule has 0 saturated carbocycles. The molecule has 1 aromatic rings. The molecule has 0 spiro atoms. The molecule has 7 nitrogen and oxygen atoms in total. The normalized spacial score (nSPS) is 25.4. The number of thiophene rings is 1. The van der Waals surface area contributed by atoms with Gasteiger partial charge in [0.1, 0.15) is 16.7 Å². The molecule has 3 heterocycles. The van der Waals surface area contributed by atoms with Crippen molar-refractivity contribution in [2.45, 2.75) is 23.6 Å². The van der Waals surface area contributed by atoms with Crippen LogP contribution >= 0.6 is 34.7 Å². The highest BCUT2D eigenvalue weighted by molar-refractivity contribution is 8.01. The molecule has 1 N–H and O–H groups in total. The van der Waals surface area contributed by atoms with Crippen molar-refractivity contribution >= 4 is 62.7 Å². The number of thioether (sulfide) groups is 1. The van der Waals surface area contributed by atoms with Gasteiger partial charge in [0.25, 0.3) is 11.1 Å². The molecule has 126 valence electrons. The Morgan fingerprint density at radius 2 is 2.08 bits per heavy atom. The Morgan fingerprint density at radius 3 is 2.58 bits per heavy atom. The lowest BCUT2D eigenvalue weighted by Crippen LogP contribution is -2.70. The van der Waals surface area contributed by atoms with Crippen molar-refractivity contribution in [3.8, 4) is 0 Å². The second kappa shape index (κ2) is 6.23. The first-order chi connectivity index (χ1) is 11.3. The Labute approximate surface area is 149 Å². The Kier molecular flexibility index (Phi) is 4.41. The molecule has 1 saturated heterocycles. The lowest BCUT2D eigenvalue weighted by Gasteiger charge is -2.51. The van der Waals surface area contributed by atoms with E-state index in [1.54, 1.807) is 17.5 Å². The molecule has 2 aliphatic rings. The average Bonchev–Trinajstić information content (AvgIpc) is 3.03. The standard InChI is InChI=1S/C14H11ClN2O5S2/c1-6(18)17(8-3-2-4-23-8)9-12(20)16-5-7(11(15)19)10(14(21)22)24-13(9)16/h2-5,9-10,13H,1H3,(H,21,22)/t9?,10?,13-/m1/s1. The summed E-state index contributed by atoms with van der Waals surface area (Å²) in [7, 11) is 0. The third-order valence-electron chi connectivity index (χ3n) is 3.70. The van der Waals surface area contributed by atoms with Crippen molar-refractivity contribution in [1.29, 1.82) is 0 Å². The SMILES string of the molecule is CC(=O)N(c1cccs1)C1C(=O)N2C=C(C(=O)Cl)C(C(=O)O)S[C@H]12. The Hall–Kier alpha value is -1.84. The molecule has 0 aliphatic carbocycles. The van der Waals surface area contributed by atoms with E-state index in [0.29, 0.717) is 5.00 Å². The van der Waals surface area contributed by atoms with Gasteiger partial charge in [-0.3, -0.25) is 24.1 Å². The van der Waals surface area contributed by atoms with Crippen molar-refractivity contribution in [2.75, 3.05) is 4.90 Å². The largest absolute Gasteiger partial charge is 0.480 e. The number of fused-ring (bicyclic) bond motifs is 1. The van der Waals surface area contributed by atoms with E-state index in [1.807, 2.05) is 0 Å². The maximum atomic E-state index is 12.5. The maximum absolute atomic E-state index is 12.5. The minimum Gasteiger partial charge on any atom is -0.480 e. The molecule has 0 radical (unpaired) electrons. The summed E-state index contributed by atoms with van der Waals surface area (Å²) in [5, 5.41) is 9.04. The lowest BCUT2D eigenvalue weighted by molar-refractivity contribution is -0.143. The van der Waals surface area contributed by atoms with Crippen LogP contribution < -0.4 is 4.90 Å². The van der Waals surface area contributed by atoms with E-state index < -0.39 is 27.9 Å². The van der Waals surface area contributed by atoms with Crippen LogP contribution in [0, 0.1) is 0 Å². The molecule has 2 aliphatic heterocycles. The third-order valence-corrected chi connectivity index (χ3v) is 6.28. The van der Waals surface area contributed by atoms with Gasteiger partial charge in [0, 0.05) is 13.1 Å². The number of β-lactam (4-membered cyclic amide) rings is 1. The van der Waals surface area contributed by atoms with Crippen LogP contribution in [0.1, 0.15) is 6.92 Å². The molecular weight excluding hydrogens is 376 g/mol. The van der Waals surface area contributed by atoms with Gasteiger partial charge in [-0.05, 0) is 29.1 Å². The van der Waals surface area contributed by atoms with Gasteiger partial charge in [0.15, 0.2) is 0 Å². The number of carboxylic acid groups (broad SMARTS) is 1. The first-order valence-electron chi connectivity index (χ1n) is 6.78. The smallest absolute Gasteiger partial charge is 0.321 e. The number of halogens is 1. The summed E-state index contributed by atoms with van der Waals surface area (Å²) < 4.78 is 0. The zero-order valence-electron chi connectivity index (χ0n) is 12.2. The topological polar surface area (TPSA) is 95.0 Å². The fraction of sp³-hybridized carbons (Fsp3) is 0.286. The van der Waals surface area contributed by atoms with Crippen LogP contribution in [0.2, 0.25) is 0 Å². The number of hydrogen-bond acceptors (Lipinski definition) is 6. The van der Waals surface area contributed by atoms with Gasteiger partial charge >= 0.3 is 5.97 Å². The zero-order chi connectivity index (χ0) is 17.6. The van der Waals surface area contributed by atoms with Gasteiger partial charge in [-0.2, -0.15) is 0 Å². The van der Waals surface area contributed by atoms with Crippen molar-refractivity contribution < 1.29 is 24.3 Å². The summed E-state index contributed by atoms with van der Waals surface area (Å²) in [6, 6.07) is 2.67. The highest BCUT2D eigenvalue weighted by atomic mass is 35.5.